The number of nitrogen functional groups attached to an aromatic ring is 1. The zero-order valence-electron chi connectivity index (χ0n) is 22.1. The molecule has 10 atom stereocenters. The standard InChI is InChI=1S/C19H20F2N10O10P2S2/c20-8-6(3-32)38-18(31-15-11(27-29-31)16(34)25-19(22)24-15)13(8)41-43(36,45)37-4-7-12(40-42(35)44)9(21)17(39-7)30-14-10(26-28-30)5(33)1-2-23-14/h2,6-9,12-13,17-18,32H,1,3-4H2,(H4-,22,24,25,29,34,35,36,44,45)/p+1/t6-,7-,8-,9+,12-,13-,17-,18-,43?/m1/s1. The van der Waals surface area contributed by atoms with E-state index >= 15 is 8.78 Å². The number of anilines is 1. The second-order valence-electron chi connectivity index (χ2n) is 9.65. The van der Waals surface area contributed by atoms with Gasteiger partial charge in [0.15, 0.2) is 59.4 Å². The van der Waals surface area contributed by atoms with Crippen molar-refractivity contribution in [3.8, 4) is 0 Å². The lowest BCUT2D eigenvalue weighted by molar-refractivity contribution is -0.0603. The summed E-state index contributed by atoms with van der Waals surface area (Å²) in [5, 5.41) is 24.6. The SMILES string of the molecule is Nc1nc2c(nnn2[C@@H]2O[C@H](CO)[C@@H](F)[C@H]2OP(O)(=S)OC[C@H]2O[C@@H](n3nnc4c3N=CCC4=O)[C@@H](F)[C@@H]2O[P+](=O)S)c(=O)[nH]1. The number of Topliss-reactive ketones (excluding diaryl/α,β-unsaturated/α-hetero) is 1. The van der Waals surface area contributed by atoms with Gasteiger partial charge in [-0.3, -0.25) is 19.1 Å². The molecule has 242 valence electrons. The van der Waals surface area contributed by atoms with E-state index < -0.39 is 87.7 Å². The minimum absolute atomic E-state index is 0.0264. The maximum atomic E-state index is 15.6. The van der Waals surface area contributed by atoms with Crippen molar-refractivity contribution in [2.24, 2.45) is 4.99 Å². The third kappa shape index (κ3) is 6.07. The van der Waals surface area contributed by atoms with Crippen molar-refractivity contribution in [1.29, 1.82) is 0 Å². The van der Waals surface area contributed by atoms with Gasteiger partial charge in [0.2, 0.25) is 5.95 Å². The fourth-order valence-electron chi connectivity index (χ4n) is 4.86. The van der Waals surface area contributed by atoms with Gasteiger partial charge < -0.3 is 29.7 Å². The van der Waals surface area contributed by atoms with Gasteiger partial charge in [-0.2, -0.15) is 14.3 Å². The van der Waals surface area contributed by atoms with E-state index in [9.17, 15) is 24.2 Å². The number of aromatic amines is 1. The van der Waals surface area contributed by atoms with Crippen LogP contribution in [0, 0.1) is 0 Å². The number of hydrogen-bond acceptors (Lipinski definition) is 17. The van der Waals surface area contributed by atoms with Crippen molar-refractivity contribution in [2.45, 2.75) is 55.6 Å². The number of halogens is 2. The summed E-state index contributed by atoms with van der Waals surface area (Å²) in [5.74, 6) is -0.801. The summed E-state index contributed by atoms with van der Waals surface area (Å²) >= 11 is 8.74. The number of aromatic nitrogens is 8. The Bertz CT molecular complexity index is 1800. The predicted octanol–water partition coefficient (Wildman–Crippen LogP) is -0.269. The van der Waals surface area contributed by atoms with E-state index in [1.807, 2.05) is 0 Å². The average molecular weight is 714 g/mol. The Balaban J connectivity index is 1.22. The molecule has 5 N–H and O–H groups in total. The first-order valence-electron chi connectivity index (χ1n) is 12.7. The Morgan fingerprint density at radius 2 is 1.91 bits per heavy atom. The molecule has 3 aromatic rings. The average Bonchev–Trinajstić information content (AvgIpc) is 3.73. The van der Waals surface area contributed by atoms with Crippen LogP contribution >= 0.6 is 26.2 Å². The highest BCUT2D eigenvalue weighted by Gasteiger charge is 2.54. The molecule has 0 amide bonds. The number of nitrogens with two attached hydrogens (primary N) is 1. The van der Waals surface area contributed by atoms with Gasteiger partial charge in [0, 0.05) is 12.6 Å². The second kappa shape index (κ2) is 12.4. The molecule has 6 rings (SSSR count). The summed E-state index contributed by atoms with van der Waals surface area (Å²) < 4.78 is 71.7. The number of carbonyl (C=O) groups is 1. The van der Waals surface area contributed by atoms with Crippen LogP contribution in [-0.4, -0.2) is 112 Å². The molecule has 3 aliphatic heterocycles. The van der Waals surface area contributed by atoms with Crippen LogP contribution in [0.3, 0.4) is 0 Å². The van der Waals surface area contributed by atoms with E-state index in [4.69, 9.17) is 40.6 Å². The van der Waals surface area contributed by atoms with Crippen molar-refractivity contribution in [1.82, 2.24) is 40.0 Å². The number of thiol groups is 1. The highest BCUT2D eigenvalue weighted by molar-refractivity contribution is 8.39. The van der Waals surface area contributed by atoms with Gasteiger partial charge in [-0.05, 0) is 16.4 Å². The molecule has 0 radical (unpaired) electrons. The summed E-state index contributed by atoms with van der Waals surface area (Å²) in [4.78, 5) is 45.4. The van der Waals surface area contributed by atoms with E-state index in [0.29, 0.717) is 0 Å². The fourth-order valence-corrected chi connectivity index (χ4v) is 7.05. The molecular formula is C19H21F2N10O10P2S2+. The molecule has 2 fully saturated rings. The largest absolute Gasteiger partial charge is 0.582 e. The number of aliphatic hydroxyl groups is 1. The van der Waals surface area contributed by atoms with Crippen LogP contribution in [-0.2, 0) is 39.4 Å². The van der Waals surface area contributed by atoms with Crippen LogP contribution in [0.15, 0.2) is 9.79 Å². The summed E-state index contributed by atoms with van der Waals surface area (Å²) in [6, 6.07) is 0. The monoisotopic (exact) mass is 713 g/mol. The number of ketones is 1. The van der Waals surface area contributed by atoms with Crippen molar-refractivity contribution in [2.75, 3.05) is 18.9 Å². The predicted molar refractivity (Wildman–Crippen MR) is 151 cm³/mol. The minimum atomic E-state index is -4.47. The summed E-state index contributed by atoms with van der Waals surface area (Å²) in [6.45, 7) is -6.04. The van der Waals surface area contributed by atoms with Crippen LogP contribution in [0.4, 0.5) is 20.5 Å². The summed E-state index contributed by atoms with van der Waals surface area (Å²) in [6.07, 6.45) is -12.5. The molecule has 3 aliphatic rings. The van der Waals surface area contributed by atoms with Gasteiger partial charge in [-0.15, -0.1) is 14.7 Å². The third-order valence-corrected chi connectivity index (χ3v) is 9.11. The third-order valence-electron chi connectivity index (χ3n) is 6.84. The molecule has 20 nitrogen and oxygen atoms in total. The van der Waals surface area contributed by atoms with Crippen LogP contribution in [0.25, 0.3) is 11.2 Å². The topological polar surface area (TPSA) is 266 Å². The normalized spacial score (nSPS) is 31.4. The van der Waals surface area contributed by atoms with Crippen LogP contribution in [0.1, 0.15) is 29.4 Å². The first kappa shape index (κ1) is 32.2. The quantitative estimate of drug-likeness (QED) is 0.134. The lowest BCUT2D eigenvalue weighted by Gasteiger charge is -2.25. The van der Waals surface area contributed by atoms with Gasteiger partial charge in [0.05, 0.1) is 13.2 Å². The molecular weight excluding hydrogens is 692 g/mol. The molecule has 2 unspecified atom stereocenters. The lowest BCUT2D eigenvalue weighted by atomic mass is 10.1. The van der Waals surface area contributed by atoms with Gasteiger partial charge >= 0.3 is 13.9 Å². The Morgan fingerprint density at radius 1 is 1.18 bits per heavy atom. The Labute approximate surface area is 259 Å². The number of fused-ring (bicyclic) bond motifs is 2. The van der Waals surface area contributed by atoms with Crippen LogP contribution in [0.2, 0.25) is 0 Å². The zero-order chi connectivity index (χ0) is 32.2. The van der Waals surface area contributed by atoms with Crippen LogP contribution < -0.4 is 11.3 Å². The summed E-state index contributed by atoms with van der Waals surface area (Å²) in [7, 11) is -2.68. The van der Waals surface area contributed by atoms with Crippen molar-refractivity contribution >= 4 is 72.9 Å². The minimum Gasteiger partial charge on any atom is -0.394 e. The number of aliphatic hydroxyl groups excluding tert-OH is 1. The van der Waals surface area contributed by atoms with Crippen molar-refractivity contribution in [3.05, 3.63) is 16.0 Å². The Hall–Kier alpha value is -2.76. The molecule has 0 aliphatic carbocycles. The van der Waals surface area contributed by atoms with Gasteiger partial charge in [0.1, 0.15) is 30.6 Å². The first-order valence-corrected chi connectivity index (χ1v) is 17.6. The second-order valence-corrected chi connectivity index (χ2v) is 14.1. The number of carbonyl (C=O) groups excluding carboxylic acids is 1. The lowest BCUT2D eigenvalue weighted by Crippen LogP contribution is -2.34. The molecule has 45 heavy (non-hydrogen) atoms. The van der Waals surface area contributed by atoms with Crippen molar-refractivity contribution in [3.63, 3.8) is 0 Å². The number of ether oxygens (including phenoxy) is 2. The number of nitrogens with one attached hydrogen (secondary N) is 1. The van der Waals surface area contributed by atoms with E-state index in [2.05, 4.69) is 47.8 Å². The molecule has 2 saturated heterocycles. The Kier molecular flexibility index (Phi) is 8.91. The van der Waals surface area contributed by atoms with Gasteiger partial charge in [0.25, 0.3) is 5.56 Å². The highest BCUT2D eigenvalue weighted by Crippen LogP contribution is 2.51. The summed E-state index contributed by atoms with van der Waals surface area (Å²) in [5.41, 5.74) is 4.24. The number of rotatable bonds is 10. The smallest absolute Gasteiger partial charge is 0.394 e. The maximum Gasteiger partial charge on any atom is 0.582 e. The van der Waals surface area contributed by atoms with E-state index in [1.165, 1.54) is 6.21 Å². The molecule has 26 heteroatoms. The number of alkyl halides is 2. The van der Waals surface area contributed by atoms with E-state index in [0.717, 1.165) is 9.36 Å². The van der Waals surface area contributed by atoms with E-state index in [-0.39, 0.29) is 35.0 Å². The fraction of sp³-hybridized carbons (Fsp3) is 0.579. The number of hydrogen-bond donors (Lipinski definition) is 5. The molecule has 0 bridgehead atoms. The number of nitrogens with zero attached hydrogens (tertiary/aromatic N) is 8. The molecule has 0 aromatic carbocycles. The molecule has 0 spiro atoms. The Morgan fingerprint density at radius 3 is 2.64 bits per heavy atom. The molecule has 3 aromatic heterocycles. The van der Waals surface area contributed by atoms with Gasteiger partial charge in [-0.1, -0.05) is 10.4 Å². The molecule has 0 saturated carbocycles. The number of H-pyrrole nitrogens is 1. The maximum absolute atomic E-state index is 15.6. The zero-order valence-corrected chi connectivity index (χ0v) is 25.6. The van der Waals surface area contributed by atoms with Gasteiger partial charge in [-0.25, -0.2) is 13.8 Å². The van der Waals surface area contributed by atoms with Crippen molar-refractivity contribution < 1.29 is 51.2 Å². The number of aliphatic imine (C=N–C) groups is 1. The van der Waals surface area contributed by atoms with E-state index in [1.54, 1.807) is 0 Å². The van der Waals surface area contributed by atoms with Crippen LogP contribution in [0.5, 0.6) is 0 Å². The molecule has 6 heterocycles. The first-order chi connectivity index (χ1) is 21.4. The highest BCUT2D eigenvalue weighted by atomic mass is 32.7.